The second-order valence-corrected chi connectivity index (χ2v) is 4.61. The average molecular weight is 166 g/mol. The molecule has 0 nitrogen and oxygen atoms in total. The van der Waals surface area contributed by atoms with Crippen molar-refractivity contribution in [3.8, 4) is 0 Å². The topological polar surface area (TPSA) is 0 Å². The Morgan fingerprint density at radius 3 is 2.67 bits per heavy atom. The van der Waals surface area contributed by atoms with Gasteiger partial charge in [0.1, 0.15) is 0 Å². The van der Waals surface area contributed by atoms with Crippen molar-refractivity contribution in [2.45, 2.75) is 59.3 Å². The molecule has 1 fully saturated rings. The molecule has 0 aliphatic heterocycles. The molecule has 0 aromatic heterocycles. The van der Waals surface area contributed by atoms with Gasteiger partial charge in [-0.3, -0.25) is 0 Å². The maximum atomic E-state index is 2.49. The van der Waals surface area contributed by atoms with Crippen molar-refractivity contribution >= 4 is 0 Å². The molecule has 0 aromatic rings. The molecule has 0 heterocycles. The van der Waals surface area contributed by atoms with Crippen LogP contribution in [0.5, 0.6) is 0 Å². The van der Waals surface area contributed by atoms with E-state index in [1.165, 1.54) is 38.5 Å². The summed E-state index contributed by atoms with van der Waals surface area (Å²) < 4.78 is 0. The lowest BCUT2D eigenvalue weighted by molar-refractivity contribution is 0.334. The summed E-state index contributed by atoms with van der Waals surface area (Å²) >= 11 is 0. The molecule has 1 rings (SSSR count). The smallest absolute Gasteiger partial charge is 0.0145 e. The zero-order valence-corrected chi connectivity index (χ0v) is 8.82. The molecule has 0 spiro atoms. The molecule has 12 heavy (non-hydrogen) atoms. The van der Waals surface area contributed by atoms with Crippen molar-refractivity contribution < 1.29 is 0 Å². The first-order valence-corrected chi connectivity index (χ1v) is 5.36. The molecule has 0 saturated heterocycles. The summed E-state index contributed by atoms with van der Waals surface area (Å²) in [6.45, 7) is 7.05. The first-order chi connectivity index (χ1) is 5.67. The minimum atomic E-state index is 0.507. The Bertz CT molecular complexity index is 163. The van der Waals surface area contributed by atoms with Gasteiger partial charge in [-0.2, -0.15) is 0 Å². The van der Waals surface area contributed by atoms with Gasteiger partial charge in [-0.1, -0.05) is 45.3 Å². The van der Waals surface area contributed by atoms with Crippen LogP contribution in [0.3, 0.4) is 0 Å². The van der Waals surface area contributed by atoms with Crippen LogP contribution in [0.15, 0.2) is 11.6 Å². The van der Waals surface area contributed by atoms with E-state index in [0.29, 0.717) is 5.41 Å². The summed E-state index contributed by atoms with van der Waals surface area (Å²) in [5.41, 5.74) is 2.23. The highest BCUT2D eigenvalue weighted by molar-refractivity contribution is 5.14. The van der Waals surface area contributed by atoms with Crippen molar-refractivity contribution in [2.24, 2.45) is 5.41 Å². The number of hydrogen-bond donors (Lipinski definition) is 0. The fraction of sp³-hybridized carbons (Fsp3) is 0.833. The fourth-order valence-corrected chi connectivity index (χ4v) is 2.08. The van der Waals surface area contributed by atoms with Crippen LogP contribution in [0.1, 0.15) is 59.3 Å². The van der Waals surface area contributed by atoms with E-state index in [-0.39, 0.29) is 0 Å². The van der Waals surface area contributed by atoms with Crippen molar-refractivity contribution in [3.05, 3.63) is 11.6 Å². The standard InChI is InChI=1S/C12H22/c1-4-5-8-11-9-6-7-10-12(11,2)3/h8H,4-7,9-10H2,1-3H3/b11-8+. The predicted octanol–water partition coefficient (Wildman–Crippen LogP) is 4.31. The molecular weight excluding hydrogens is 144 g/mol. The molecule has 0 unspecified atom stereocenters. The van der Waals surface area contributed by atoms with Crippen LogP contribution in [0.2, 0.25) is 0 Å². The third-order valence-electron chi connectivity index (χ3n) is 3.05. The second kappa shape index (κ2) is 4.11. The van der Waals surface area contributed by atoms with Gasteiger partial charge < -0.3 is 0 Å². The molecule has 0 N–H and O–H groups in total. The maximum Gasteiger partial charge on any atom is -0.0145 e. The Labute approximate surface area is 77.1 Å². The van der Waals surface area contributed by atoms with E-state index in [9.17, 15) is 0 Å². The van der Waals surface area contributed by atoms with Crippen LogP contribution in [0.4, 0.5) is 0 Å². The third kappa shape index (κ3) is 2.36. The van der Waals surface area contributed by atoms with Gasteiger partial charge in [-0.25, -0.2) is 0 Å². The fourth-order valence-electron chi connectivity index (χ4n) is 2.08. The van der Waals surface area contributed by atoms with E-state index in [1.807, 2.05) is 0 Å². The average Bonchev–Trinajstić information content (AvgIpc) is 2.02. The molecule has 1 aliphatic carbocycles. The molecular formula is C12H22. The molecule has 0 amide bonds. The van der Waals surface area contributed by atoms with Crippen LogP contribution in [0.25, 0.3) is 0 Å². The monoisotopic (exact) mass is 166 g/mol. The molecule has 70 valence electrons. The lowest BCUT2D eigenvalue weighted by Crippen LogP contribution is -2.18. The van der Waals surface area contributed by atoms with Gasteiger partial charge in [0.2, 0.25) is 0 Å². The lowest BCUT2D eigenvalue weighted by atomic mass is 9.73. The molecule has 0 heteroatoms. The summed E-state index contributed by atoms with van der Waals surface area (Å²) in [6.07, 6.45) is 10.6. The van der Waals surface area contributed by atoms with E-state index >= 15 is 0 Å². The van der Waals surface area contributed by atoms with Crippen LogP contribution >= 0.6 is 0 Å². The van der Waals surface area contributed by atoms with Gasteiger partial charge in [0.25, 0.3) is 0 Å². The zero-order chi connectivity index (χ0) is 9.03. The van der Waals surface area contributed by atoms with E-state index in [2.05, 4.69) is 26.8 Å². The highest BCUT2D eigenvalue weighted by Gasteiger charge is 2.25. The van der Waals surface area contributed by atoms with Gasteiger partial charge in [0.15, 0.2) is 0 Å². The Morgan fingerprint density at radius 2 is 2.08 bits per heavy atom. The number of unbranched alkanes of at least 4 members (excludes halogenated alkanes) is 1. The van der Waals surface area contributed by atoms with Crippen molar-refractivity contribution in [3.63, 3.8) is 0 Å². The van der Waals surface area contributed by atoms with E-state index < -0.39 is 0 Å². The van der Waals surface area contributed by atoms with E-state index in [0.717, 1.165) is 0 Å². The van der Waals surface area contributed by atoms with Crippen LogP contribution in [-0.4, -0.2) is 0 Å². The van der Waals surface area contributed by atoms with Gasteiger partial charge >= 0.3 is 0 Å². The Hall–Kier alpha value is -0.260. The quantitative estimate of drug-likeness (QED) is 0.536. The largest absolute Gasteiger partial charge is 0.0848 e. The highest BCUT2D eigenvalue weighted by atomic mass is 14.3. The molecule has 0 atom stereocenters. The molecule has 0 aromatic carbocycles. The summed E-state index contributed by atoms with van der Waals surface area (Å²) in [4.78, 5) is 0. The van der Waals surface area contributed by atoms with Gasteiger partial charge in [0, 0.05) is 0 Å². The Kier molecular flexibility index (Phi) is 3.37. The SMILES string of the molecule is CCC/C=C1\CCCCC1(C)C. The Balaban J connectivity index is 2.59. The summed E-state index contributed by atoms with van der Waals surface area (Å²) in [5.74, 6) is 0. The molecule has 0 radical (unpaired) electrons. The molecule has 0 bridgehead atoms. The van der Waals surface area contributed by atoms with E-state index in [4.69, 9.17) is 0 Å². The highest BCUT2D eigenvalue weighted by Crippen LogP contribution is 2.40. The number of allylic oxidation sites excluding steroid dienone is 2. The lowest BCUT2D eigenvalue weighted by Gasteiger charge is -2.33. The molecule has 1 aliphatic rings. The van der Waals surface area contributed by atoms with Crippen molar-refractivity contribution in [1.29, 1.82) is 0 Å². The van der Waals surface area contributed by atoms with Gasteiger partial charge in [0.05, 0.1) is 0 Å². The summed E-state index contributed by atoms with van der Waals surface area (Å²) in [6, 6.07) is 0. The number of hydrogen-bond acceptors (Lipinski definition) is 0. The minimum absolute atomic E-state index is 0.507. The van der Waals surface area contributed by atoms with E-state index in [1.54, 1.807) is 5.57 Å². The zero-order valence-electron chi connectivity index (χ0n) is 8.82. The van der Waals surface area contributed by atoms with Gasteiger partial charge in [-0.15, -0.1) is 0 Å². The summed E-state index contributed by atoms with van der Waals surface area (Å²) in [5, 5.41) is 0. The minimum Gasteiger partial charge on any atom is -0.0848 e. The van der Waals surface area contributed by atoms with Crippen molar-refractivity contribution in [2.75, 3.05) is 0 Å². The van der Waals surface area contributed by atoms with Gasteiger partial charge in [-0.05, 0) is 31.1 Å². The maximum absolute atomic E-state index is 2.49. The third-order valence-corrected chi connectivity index (χ3v) is 3.05. The summed E-state index contributed by atoms with van der Waals surface area (Å²) in [7, 11) is 0. The number of rotatable bonds is 2. The van der Waals surface area contributed by atoms with Crippen LogP contribution in [0, 0.1) is 5.41 Å². The Morgan fingerprint density at radius 1 is 1.33 bits per heavy atom. The first-order valence-electron chi connectivity index (χ1n) is 5.36. The molecule has 1 saturated carbocycles. The van der Waals surface area contributed by atoms with Crippen LogP contribution in [-0.2, 0) is 0 Å². The van der Waals surface area contributed by atoms with Crippen LogP contribution < -0.4 is 0 Å². The van der Waals surface area contributed by atoms with Crippen molar-refractivity contribution in [1.82, 2.24) is 0 Å². The first kappa shape index (κ1) is 9.83. The second-order valence-electron chi connectivity index (χ2n) is 4.61. The normalized spacial score (nSPS) is 26.1. The predicted molar refractivity (Wildman–Crippen MR) is 55.2 cm³/mol.